The fraction of sp³-hybridized carbons (Fsp3) is 0.737. The van der Waals surface area contributed by atoms with Crippen molar-refractivity contribution in [2.24, 2.45) is 0 Å². The van der Waals surface area contributed by atoms with Gasteiger partial charge in [-0.1, -0.05) is 32.4 Å². The maximum Gasteiger partial charge on any atom is 0.167 e. The quantitative estimate of drug-likeness (QED) is 0.413. The first-order valence-corrected chi connectivity index (χ1v) is 10.4. The molecular formula is C19H29ClN4O4. The summed E-state index contributed by atoms with van der Waals surface area (Å²) in [6.07, 6.45) is 4.67. The van der Waals surface area contributed by atoms with Crippen molar-refractivity contribution in [3.8, 4) is 0 Å². The molecule has 156 valence electrons. The van der Waals surface area contributed by atoms with Crippen molar-refractivity contribution in [1.29, 1.82) is 0 Å². The molecule has 0 N–H and O–H groups in total. The minimum atomic E-state index is -0.431. The molecule has 1 aliphatic rings. The number of halogens is 1. The summed E-state index contributed by atoms with van der Waals surface area (Å²) in [5.41, 5.74) is 1.15. The minimum Gasteiger partial charge on any atom is -0.379 e. The Bertz CT molecular complexity index is 744. The Kier molecular flexibility index (Phi) is 7.99. The summed E-state index contributed by atoms with van der Waals surface area (Å²) in [4.78, 5) is 12.7. The zero-order valence-corrected chi connectivity index (χ0v) is 17.5. The van der Waals surface area contributed by atoms with Crippen LogP contribution in [0.2, 0.25) is 5.15 Å². The Balaban J connectivity index is 1.90. The smallest absolute Gasteiger partial charge is 0.167 e. The van der Waals surface area contributed by atoms with E-state index in [0.29, 0.717) is 42.7 Å². The Morgan fingerprint density at radius 1 is 1.00 bits per heavy atom. The second kappa shape index (κ2) is 10.5. The molecule has 0 unspecified atom stereocenters. The van der Waals surface area contributed by atoms with Crippen molar-refractivity contribution in [2.45, 2.75) is 64.6 Å². The van der Waals surface area contributed by atoms with Gasteiger partial charge in [-0.2, -0.15) is 0 Å². The van der Waals surface area contributed by atoms with Gasteiger partial charge in [0.25, 0.3) is 0 Å². The first kappa shape index (κ1) is 21.4. The summed E-state index contributed by atoms with van der Waals surface area (Å²) in [6, 6.07) is 0. The van der Waals surface area contributed by atoms with Crippen molar-refractivity contribution in [2.75, 3.05) is 26.4 Å². The molecule has 8 nitrogen and oxygen atoms in total. The van der Waals surface area contributed by atoms with E-state index in [0.717, 1.165) is 19.3 Å². The lowest BCUT2D eigenvalue weighted by atomic mass is 10.1. The van der Waals surface area contributed by atoms with Crippen LogP contribution in [0.5, 0.6) is 0 Å². The number of rotatable bonds is 11. The summed E-state index contributed by atoms with van der Waals surface area (Å²) < 4.78 is 26.3. The molecule has 0 aromatic carbocycles. The Labute approximate surface area is 170 Å². The molecule has 1 aliphatic heterocycles. The Morgan fingerprint density at radius 3 is 2.43 bits per heavy atom. The summed E-state index contributed by atoms with van der Waals surface area (Å²) in [6.45, 7) is 8.62. The molecule has 0 radical (unpaired) electrons. The summed E-state index contributed by atoms with van der Waals surface area (Å²) in [5.74, 6) is 0. The molecule has 0 saturated carbocycles. The van der Waals surface area contributed by atoms with Crippen LogP contribution in [0.1, 0.15) is 46.3 Å². The van der Waals surface area contributed by atoms with Gasteiger partial charge < -0.3 is 18.9 Å². The van der Waals surface area contributed by atoms with E-state index in [2.05, 4.69) is 35.7 Å². The monoisotopic (exact) mass is 412 g/mol. The van der Waals surface area contributed by atoms with Gasteiger partial charge in [0.1, 0.15) is 30.2 Å². The van der Waals surface area contributed by atoms with Gasteiger partial charge in [-0.05, 0) is 19.3 Å². The van der Waals surface area contributed by atoms with Gasteiger partial charge in [0.15, 0.2) is 17.0 Å². The standard InChI is InChI=1S/C19H29ClN4O4/c1-4-7-25-10-13-15(26-8-5-2)16(27-9-6-3)19(28-13)24-12-23-14-17(20)21-11-22-18(14)24/h11-13,15-16,19H,4-10H2,1-3H3/t13-,15-,16-,19-/m1/s1. The minimum absolute atomic E-state index is 0.233. The fourth-order valence-corrected chi connectivity index (χ4v) is 3.48. The molecule has 2 aromatic rings. The third kappa shape index (κ3) is 4.63. The average molecular weight is 413 g/mol. The third-order valence-electron chi connectivity index (χ3n) is 4.53. The van der Waals surface area contributed by atoms with Gasteiger partial charge in [-0.25, -0.2) is 15.0 Å². The predicted molar refractivity (Wildman–Crippen MR) is 105 cm³/mol. The second-order valence-electron chi connectivity index (χ2n) is 6.80. The van der Waals surface area contributed by atoms with Gasteiger partial charge in [0.05, 0.1) is 12.9 Å². The first-order chi connectivity index (χ1) is 13.7. The molecular weight excluding hydrogens is 384 g/mol. The van der Waals surface area contributed by atoms with Gasteiger partial charge in [-0.15, -0.1) is 0 Å². The molecule has 0 spiro atoms. The molecule has 1 saturated heterocycles. The van der Waals surface area contributed by atoms with E-state index in [9.17, 15) is 0 Å². The normalized spacial score (nSPS) is 25.0. The van der Waals surface area contributed by atoms with Crippen LogP contribution in [0.3, 0.4) is 0 Å². The maximum atomic E-state index is 6.36. The predicted octanol–water partition coefficient (Wildman–Crippen LogP) is 3.39. The number of imidazole rings is 1. The highest BCUT2D eigenvalue weighted by Crippen LogP contribution is 2.36. The molecule has 3 heterocycles. The number of fused-ring (bicyclic) bond motifs is 1. The average Bonchev–Trinajstić information content (AvgIpc) is 3.27. The molecule has 0 bridgehead atoms. The largest absolute Gasteiger partial charge is 0.379 e. The molecule has 1 fully saturated rings. The maximum absolute atomic E-state index is 6.36. The molecule has 0 aliphatic carbocycles. The van der Waals surface area contributed by atoms with E-state index in [4.69, 9.17) is 30.5 Å². The molecule has 4 atom stereocenters. The Hall–Kier alpha value is -1.32. The van der Waals surface area contributed by atoms with Crippen molar-refractivity contribution < 1.29 is 18.9 Å². The highest BCUT2D eigenvalue weighted by molar-refractivity contribution is 6.33. The third-order valence-corrected chi connectivity index (χ3v) is 4.81. The van der Waals surface area contributed by atoms with Gasteiger partial charge in [0.2, 0.25) is 0 Å². The number of nitrogens with zero attached hydrogens (tertiary/aromatic N) is 4. The molecule has 0 amide bonds. The fourth-order valence-electron chi connectivity index (χ4n) is 3.31. The molecule has 3 rings (SSSR count). The van der Waals surface area contributed by atoms with E-state index in [1.54, 1.807) is 6.33 Å². The van der Waals surface area contributed by atoms with Crippen LogP contribution in [-0.4, -0.2) is 64.3 Å². The molecule has 28 heavy (non-hydrogen) atoms. The number of ether oxygens (including phenoxy) is 4. The van der Waals surface area contributed by atoms with Crippen molar-refractivity contribution >= 4 is 22.8 Å². The Morgan fingerprint density at radius 2 is 1.71 bits per heavy atom. The van der Waals surface area contributed by atoms with Crippen LogP contribution in [0, 0.1) is 0 Å². The van der Waals surface area contributed by atoms with E-state index in [1.165, 1.54) is 6.33 Å². The highest BCUT2D eigenvalue weighted by atomic mass is 35.5. The van der Waals surface area contributed by atoms with E-state index < -0.39 is 6.23 Å². The van der Waals surface area contributed by atoms with Crippen molar-refractivity contribution in [1.82, 2.24) is 19.5 Å². The molecule has 2 aromatic heterocycles. The first-order valence-electron chi connectivity index (χ1n) is 10.0. The van der Waals surface area contributed by atoms with Gasteiger partial charge in [-0.3, -0.25) is 4.57 Å². The number of hydrogen-bond donors (Lipinski definition) is 0. The topological polar surface area (TPSA) is 80.5 Å². The molecule has 9 heteroatoms. The zero-order valence-electron chi connectivity index (χ0n) is 16.7. The zero-order chi connectivity index (χ0) is 19.9. The summed E-state index contributed by atoms with van der Waals surface area (Å²) in [7, 11) is 0. The van der Waals surface area contributed by atoms with Crippen molar-refractivity contribution in [3.05, 3.63) is 17.8 Å². The SMILES string of the molecule is CCCOC[C@H]1O[C@@H](n2cnc3c(Cl)ncnc32)[C@H](OCCC)[C@@H]1OCCC. The van der Waals surface area contributed by atoms with Crippen LogP contribution < -0.4 is 0 Å². The summed E-state index contributed by atoms with van der Waals surface area (Å²) >= 11 is 6.16. The lowest BCUT2D eigenvalue weighted by Gasteiger charge is -2.25. The van der Waals surface area contributed by atoms with Gasteiger partial charge in [0, 0.05) is 19.8 Å². The number of hydrogen-bond acceptors (Lipinski definition) is 7. The highest BCUT2D eigenvalue weighted by Gasteiger charge is 2.47. The second-order valence-corrected chi connectivity index (χ2v) is 7.16. The van der Waals surface area contributed by atoms with Crippen LogP contribution >= 0.6 is 11.6 Å². The van der Waals surface area contributed by atoms with Crippen molar-refractivity contribution in [3.63, 3.8) is 0 Å². The van der Waals surface area contributed by atoms with Crippen LogP contribution in [0.25, 0.3) is 11.2 Å². The summed E-state index contributed by atoms with van der Waals surface area (Å²) in [5, 5.41) is 0.314. The van der Waals surface area contributed by atoms with Crippen LogP contribution in [0.15, 0.2) is 12.7 Å². The lowest BCUT2D eigenvalue weighted by Crippen LogP contribution is -2.39. The van der Waals surface area contributed by atoms with E-state index >= 15 is 0 Å². The van der Waals surface area contributed by atoms with Gasteiger partial charge >= 0.3 is 0 Å². The van der Waals surface area contributed by atoms with E-state index in [1.807, 2.05) is 4.57 Å². The number of aromatic nitrogens is 4. The van der Waals surface area contributed by atoms with Crippen LogP contribution in [-0.2, 0) is 18.9 Å². The lowest BCUT2D eigenvalue weighted by molar-refractivity contribution is -0.0791. The van der Waals surface area contributed by atoms with Crippen LogP contribution in [0.4, 0.5) is 0 Å². The van der Waals surface area contributed by atoms with E-state index in [-0.39, 0.29) is 18.3 Å².